The molecule has 0 saturated heterocycles. The van der Waals surface area contributed by atoms with E-state index in [0.29, 0.717) is 23.6 Å². The van der Waals surface area contributed by atoms with E-state index in [-0.39, 0.29) is 24.3 Å². The normalized spacial score (nSPS) is 20.3. The van der Waals surface area contributed by atoms with Gasteiger partial charge >= 0.3 is 0 Å². The summed E-state index contributed by atoms with van der Waals surface area (Å²) in [7, 11) is 0. The fourth-order valence-corrected chi connectivity index (χ4v) is 2.37. The van der Waals surface area contributed by atoms with Crippen LogP contribution in [-0.2, 0) is 11.3 Å². The van der Waals surface area contributed by atoms with Crippen LogP contribution in [0.25, 0.3) is 0 Å². The number of carbonyl (C=O) groups excluding carboxylic acids is 1. The van der Waals surface area contributed by atoms with Gasteiger partial charge in [0.1, 0.15) is 5.76 Å². The summed E-state index contributed by atoms with van der Waals surface area (Å²) >= 11 is 0. The molecule has 0 radical (unpaired) electrons. The van der Waals surface area contributed by atoms with Crippen molar-refractivity contribution >= 4 is 5.91 Å². The number of aromatic nitrogens is 1. The van der Waals surface area contributed by atoms with E-state index in [4.69, 9.17) is 4.42 Å². The number of benzene rings is 1. The molecule has 4 nitrogen and oxygen atoms in total. The van der Waals surface area contributed by atoms with Gasteiger partial charge in [0.25, 0.3) is 0 Å². The van der Waals surface area contributed by atoms with Crippen molar-refractivity contribution < 1.29 is 18.0 Å². The number of amides is 1. The summed E-state index contributed by atoms with van der Waals surface area (Å²) in [6.07, 6.45) is 2.23. The standard InChI is InChI=1S/C15H14F2N2O2/c1-8-6-18-14(21-8)7-19-15(20)11-5-10(11)9-2-3-12(16)13(17)4-9/h2-4,6,10-11H,5,7H2,1H3,(H,19,20)/t10-,11+/m0/s1. The van der Waals surface area contributed by atoms with Gasteiger partial charge in [0, 0.05) is 5.92 Å². The summed E-state index contributed by atoms with van der Waals surface area (Å²) in [5.41, 5.74) is 0.654. The molecule has 3 rings (SSSR count). The van der Waals surface area contributed by atoms with Crippen molar-refractivity contribution in [1.29, 1.82) is 0 Å². The van der Waals surface area contributed by atoms with Gasteiger partial charge in [-0.3, -0.25) is 4.79 Å². The van der Waals surface area contributed by atoms with Crippen LogP contribution in [0.3, 0.4) is 0 Å². The van der Waals surface area contributed by atoms with Crippen LogP contribution in [0.15, 0.2) is 28.8 Å². The van der Waals surface area contributed by atoms with Gasteiger partial charge in [-0.2, -0.15) is 0 Å². The van der Waals surface area contributed by atoms with Crippen molar-refractivity contribution in [3.8, 4) is 0 Å². The Morgan fingerprint density at radius 1 is 1.43 bits per heavy atom. The lowest BCUT2D eigenvalue weighted by Crippen LogP contribution is -2.25. The predicted molar refractivity (Wildman–Crippen MR) is 70.3 cm³/mol. The number of nitrogens with zero attached hydrogens (tertiary/aromatic N) is 1. The molecule has 0 aliphatic heterocycles. The first-order valence-electron chi connectivity index (χ1n) is 6.68. The average molecular weight is 292 g/mol. The molecule has 1 aromatic heterocycles. The van der Waals surface area contributed by atoms with Crippen LogP contribution >= 0.6 is 0 Å². The highest BCUT2D eigenvalue weighted by atomic mass is 19.2. The van der Waals surface area contributed by atoms with Crippen LogP contribution in [-0.4, -0.2) is 10.9 Å². The lowest BCUT2D eigenvalue weighted by atomic mass is 10.1. The summed E-state index contributed by atoms with van der Waals surface area (Å²) in [5.74, 6) is -0.998. The van der Waals surface area contributed by atoms with Crippen molar-refractivity contribution in [3.05, 3.63) is 53.2 Å². The fourth-order valence-electron chi connectivity index (χ4n) is 2.37. The fraction of sp³-hybridized carbons (Fsp3) is 0.333. The van der Waals surface area contributed by atoms with E-state index in [0.717, 1.165) is 12.1 Å². The van der Waals surface area contributed by atoms with E-state index in [9.17, 15) is 13.6 Å². The number of hydrogen-bond donors (Lipinski definition) is 1. The lowest BCUT2D eigenvalue weighted by molar-refractivity contribution is -0.122. The molecule has 1 aromatic carbocycles. The maximum atomic E-state index is 13.2. The molecule has 1 fully saturated rings. The number of halogens is 2. The minimum absolute atomic E-state index is 0.0496. The van der Waals surface area contributed by atoms with E-state index in [1.54, 1.807) is 13.1 Å². The third kappa shape index (κ3) is 2.94. The summed E-state index contributed by atoms with van der Waals surface area (Å²) in [4.78, 5) is 16.0. The van der Waals surface area contributed by atoms with Gasteiger partial charge in [-0.25, -0.2) is 13.8 Å². The molecule has 0 bridgehead atoms. The highest BCUT2D eigenvalue weighted by Crippen LogP contribution is 2.47. The largest absolute Gasteiger partial charge is 0.444 e. The van der Waals surface area contributed by atoms with E-state index in [1.165, 1.54) is 6.07 Å². The van der Waals surface area contributed by atoms with Gasteiger partial charge in [0.05, 0.1) is 12.7 Å². The highest BCUT2D eigenvalue weighted by Gasteiger charge is 2.44. The van der Waals surface area contributed by atoms with Gasteiger partial charge in [-0.05, 0) is 37.0 Å². The van der Waals surface area contributed by atoms with Gasteiger partial charge in [-0.15, -0.1) is 0 Å². The molecule has 0 unspecified atom stereocenters. The van der Waals surface area contributed by atoms with Crippen molar-refractivity contribution in [1.82, 2.24) is 10.3 Å². The second-order valence-corrected chi connectivity index (χ2v) is 5.20. The van der Waals surface area contributed by atoms with Crippen LogP contribution in [0, 0.1) is 24.5 Å². The highest BCUT2D eigenvalue weighted by molar-refractivity contribution is 5.82. The minimum Gasteiger partial charge on any atom is -0.444 e. The molecule has 110 valence electrons. The van der Waals surface area contributed by atoms with E-state index in [1.807, 2.05) is 0 Å². The number of oxazole rings is 1. The first kappa shape index (κ1) is 13.7. The number of rotatable bonds is 4. The molecule has 1 amide bonds. The van der Waals surface area contributed by atoms with E-state index >= 15 is 0 Å². The van der Waals surface area contributed by atoms with Crippen LogP contribution in [0.1, 0.15) is 29.6 Å². The summed E-state index contributed by atoms with van der Waals surface area (Å²) in [6.45, 7) is 2.01. The number of nitrogens with one attached hydrogen (secondary N) is 1. The summed E-state index contributed by atoms with van der Waals surface area (Å²) < 4.78 is 31.3. The lowest BCUT2D eigenvalue weighted by Gasteiger charge is -2.03. The Morgan fingerprint density at radius 2 is 2.24 bits per heavy atom. The van der Waals surface area contributed by atoms with Gasteiger partial charge in [0.2, 0.25) is 11.8 Å². The van der Waals surface area contributed by atoms with Crippen LogP contribution in [0.4, 0.5) is 8.78 Å². The maximum absolute atomic E-state index is 13.2. The molecule has 0 spiro atoms. The second kappa shape index (κ2) is 5.27. The van der Waals surface area contributed by atoms with Crippen molar-refractivity contribution in [2.24, 2.45) is 5.92 Å². The first-order chi connectivity index (χ1) is 10.0. The second-order valence-electron chi connectivity index (χ2n) is 5.20. The zero-order chi connectivity index (χ0) is 15.0. The van der Waals surface area contributed by atoms with E-state index < -0.39 is 11.6 Å². The molecule has 1 N–H and O–H groups in total. The van der Waals surface area contributed by atoms with Crippen LogP contribution < -0.4 is 5.32 Å². The Morgan fingerprint density at radius 3 is 2.90 bits per heavy atom. The zero-order valence-corrected chi connectivity index (χ0v) is 11.4. The molecule has 6 heteroatoms. The van der Waals surface area contributed by atoms with Gasteiger partial charge < -0.3 is 9.73 Å². The predicted octanol–water partition coefficient (Wildman–Crippen LogP) is 2.68. The van der Waals surface area contributed by atoms with Crippen molar-refractivity contribution in [2.75, 3.05) is 0 Å². The van der Waals surface area contributed by atoms with Gasteiger partial charge in [-0.1, -0.05) is 6.07 Å². The van der Waals surface area contributed by atoms with Crippen LogP contribution in [0.2, 0.25) is 0 Å². The quantitative estimate of drug-likeness (QED) is 0.942. The Kier molecular flexibility index (Phi) is 3.45. The number of hydrogen-bond acceptors (Lipinski definition) is 3. The molecule has 1 heterocycles. The third-order valence-electron chi connectivity index (χ3n) is 3.58. The Labute approximate surface area is 120 Å². The maximum Gasteiger partial charge on any atom is 0.224 e. The smallest absolute Gasteiger partial charge is 0.224 e. The molecular weight excluding hydrogens is 278 g/mol. The van der Waals surface area contributed by atoms with E-state index in [2.05, 4.69) is 10.3 Å². The average Bonchev–Trinajstić information content (AvgIpc) is 3.15. The SMILES string of the molecule is Cc1cnc(CNC(=O)[C@@H]2C[C@H]2c2ccc(F)c(F)c2)o1. The molecule has 1 aliphatic rings. The molecule has 1 aliphatic carbocycles. The zero-order valence-electron chi connectivity index (χ0n) is 11.4. The van der Waals surface area contributed by atoms with Gasteiger partial charge in [0.15, 0.2) is 11.6 Å². The number of aryl methyl sites for hydroxylation is 1. The molecule has 2 aromatic rings. The molecule has 2 atom stereocenters. The van der Waals surface area contributed by atoms with Crippen molar-refractivity contribution in [3.63, 3.8) is 0 Å². The Bertz CT molecular complexity index is 684. The number of carbonyl (C=O) groups is 1. The van der Waals surface area contributed by atoms with Crippen LogP contribution in [0.5, 0.6) is 0 Å². The monoisotopic (exact) mass is 292 g/mol. The summed E-state index contributed by atoms with van der Waals surface area (Å²) in [5, 5.41) is 2.74. The third-order valence-corrected chi connectivity index (χ3v) is 3.58. The Balaban J connectivity index is 1.57. The Hall–Kier alpha value is -2.24. The van der Waals surface area contributed by atoms with Crippen molar-refractivity contribution in [2.45, 2.75) is 25.8 Å². The molecule has 1 saturated carbocycles. The minimum atomic E-state index is -0.881. The topological polar surface area (TPSA) is 55.1 Å². The summed E-state index contributed by atoms with van der Waals surface area (Å²) in [6, 6.07) is 3.77. The molecular formula is C15H14F2N2O2. The first-order valence-corrected chi connectivity index (χ1v) is 6.68. The molecule has 21 heavy (non-hydrogen) atoms.